The Hall–Kier alpha value is -3.18. The number of nitrogen functional groups attached to an aromatic ring is 1. The molecule has 11 heteroatoms. The van der Waals surface area contributed by atoms with Gasteiger partial charge < -0.3 is 21.8 Å². The van der Waals surface area contributed by atoms with Gasteiger partial charge in [-0.3, -0.25) is 9.59 Å². The number of amidine groups is 1. The Morgan fingerprint density at radius 2 is 1.81 bits per heavy atom. The largest absolute Gasteiger partial charge is 0.394 e. The zero-order chi connectivity index (χ0) is 25.5. The minimum absolute atomic E-state index is 0.0648. The summed E-state index contributed by atoms with van der Waals surface area (Å²) >= 11 is 1.30. The third-order valence-corrected chi connectivity index (χ3v) is 6.93. The molecule has 0 saturated heterocycles. The lowest BCUT2D eigenvalue weighted by Gasteiger charge is -2.23. The van der Waals surface area contributed by atoms with Crippen molar-refractivity contribution in [3.8, 4) is 0 Å². The Balaban J connectivity index is 1.55. The maximum absolute atomic E-state index is 13.1. The van der Waals surface area contributed by atoms with Crippen molar-refractivity contribution < 1.29 is 9.59 Å². The number of nitrogens with zero attached hydrogens (tertiary/aromatic N) is 3. The Morgan fingerprint density at radius 1 is 1.08 bits per heavy atom. The lowest BCUT2D eigenvalue weighted by molar-refractivity contribution is -0.117. The molecule has 2 aromatic rings. The summed E-state index contributed by atoms with van der Waals surface area (Å²) in [5.41, 5.74) is 13.3. The van der Waals surface area contributed by atoms with Gasteiger partial charge >= 0.3 is 0 Å². The van der Waals surface area contributed by atoms with Crippen molar-refractivity contribution in [3.05, 3.63) is 30.0 Å². The van der Waals surface area contributed by atoms with Crippen molar-refractivity contribution in [2.45, 2.75) is 74.9 Å². The van der Waals surface area contributed by atoms with Gasteiger partial charge in [0.1, 0.15) is 11.5 Å². The van der Waals surface area contributed by atoms with E-state index >= 15 is 0 Å². The van der Waals surface area contributed by atoms with Crippen LogP contribution in [-0.2, 0) is 4.79 Å². The average molecular weight is 511 g/mol. The van der Waals surface area contributed by atoms with E-state index in [0.29, 0.717) is 17.5 Å². The fourth-order valence-corrected chi connectivity index (χ4v) is 4.70. The number of benzene rings is 1. The topological polar surface area (TPSA) is 146 Å². The summed E-state index contributed by atoms with van der Waals surface area (Å²) in [6.45, 7) is 4.46. The van der Waals surface area contributed by atoms with E-state index in [9.17, 15) is 9.59 Å². The second-order valence-corrected chi connectivity index (χ2v) is 10.2. The highest BCUT2D eigenvalue weighted by Gasteiger charge is 2.29. The van der Waals surface area contributed by atoms with Gasteiger partial charge in [0.25, 0.3) is 5.91 Å². The van der Waals surface area contributed by atoms with Gasteiger partial charge in [-0.1, -0.05) is 26.2 Å². The molecule has 1 aromatic carbocycles. The third kappa shape index (κ3) is 7.17. The van der Waals surface area contributed by atoms with Crippen LogP contribution >= 0.6 is 11.8 Å². The van der Waals surface area contributed by atoms with Crippen molar-refractivity contribution in [2.75, 3.05) is 17.6 Å². The van der Waals surface area contributed by atoms with E-state index in [4.69, 9.17) is 5.73 Å². The van der Waals surface area contributed by atoms with E-state index in [-0.39, 0.29) is 41.0 Å². The molecule has 192 valence electrons. The second kappa shape index (κ2) is 12.2. The van der Waals surface area contributed by atoms with Crippen LogP contribution in [0.5, 0.6) is 0 Å². The van der Waals surface area contributed by atoms with Gasteiger partial charge in [0.15, 0.2) is 16.7 Å². The molecular weight excluding hydrogens is 476 g/mol. The summed E-state index contributed by atoms with van der Waals surface area (Å²) in [5, 5.41) is 6.38. The summed E-state index contributed by atoms with van der Waals surface area (Å²) in [6.07, 6.45) is 7.24. The molecule has 2 aliphatic carbocycles. The number of carbonyl (C=O) groups is 2. The maximum atomic E-state index is 13.1. The first kappa shape index (κ1) is 25.9. The summed E-state index contributed by atoms with van der Waals surface area (Å²) < 4.78 is 0. The van der Waals surface area contributed by atoms with Crippen LogP contribution < -0.4 is 27.2 Å². The zero-order valence-electron chi connectivity index (χ0n) is 20.8. The minimum atomic E-state index is -0.310. The number of carbonyl (C=O) groups excluding carboxylic acids is 2. The summed E-state index contributed by atoms with van der Waals surface area (Å²) in [6, 6.07) is 7.59. The normalized spacial score (nSPS) is 16.4. The van der Waals surface area contributed by atoms with Crippen molar-refractivity contribution in [1.29, 1.82) is 0 Å². The fourth-order valence-electron chi connectivity index (χ4n) is 3.95. The van der Waals surface area contributed by atoms with Crippen LogP contribution in [-0.4, -0.2) is 40.2 Å². The van der Waals surface area contributed by atoms with E-state index in [1.165, 1.54) is 18.2 Å². The van der Waals surface area contributed by atoms with Gasteiger partial charge in [0.2, 0.25) is 5.91 Å². The van der Waals surface area contributed by atoms with Crippen LogP contribution in [0, 0.1) is 5.92 Å². The lowest BCUT2D eigenvalue weighted by Crippen LogP contribution is -2.37. The smallest absolute Gasteiger partial charge is 0.272 e. The first-order chi connectivity index (χ1) is 17.4. The maximum Gasteiger partial charge on any atom is 0.272 e. The van der Waals surface area contributed by atoms with E-state index in [1.54, 1.807) is 6.92 Å². The minimum Gasteiger partial charge on any atom is -0.394 e. The quantitative estimate of drug-likeness (QED) is 0.148. The number of nitrogens with one attached hydrogen (secondary N) is 4. The standard InChI is InChI=1S/C25H34N8O2S/c1-3-27-33-15(2)28-22-20(26)21(24(35)30-17-7-5-4-6-8-17)31-25(32-22)36-19-13-11-18(12-14-19)29-23(34)16-9-10-16/h11-14,16-17,27H,3-10,26H2,1-2H3,(H,29,34)(H,30,35)(H,28,31,32,33). The van der Waals surface area contributed by atoms with Crippen LogP contribution in [0.15, 0.2) is 39.3 Å². The van der Waals surface area contributed by atoms with Crippen molar-refractivity contribution in [2.24, 2.45) is 10.9 Å². The molecular formula is C25H34N8O2S. The van der Waals surface area contributed by atoms with Crippen molar-refractivity contribution >= 4 is 46.6 Å². The molecule has 0 spiro atoms. The number of rotatable bonds is 9. The molecule has 2 aliphatic rings. The first-order valence-electron chi connectivity index (χ1n) is 12.5. The average Bonchev–Trinajstić information content (AvgIpc) is 3.72. The van der Waals surface area contributed by atoms with Crippen LogP contribution in [0.4, 0.5) is 17.2 Å². The molecule has 2 amide bonds. The summed E-state index contributed by atoms with van der Waals surface area (Å²) in [4.78, 5) is 39.5. The number of aromatic nitrogens is 2. The number of nitrogens with two attached hydrogens (primary N) is 1. The molecule has 0 aliphatic heterocycles. The van der Waals surface area contributed by atoms with Crippen LogP contribution in [0.1, 0.15) is 69.3 Å². The summed E-state index contributed by atoms with van der Waals surface area (Å²) in [7, 11) is 0. The molecule has 36 heavy (non-hydrogen) atoms. The molecule has 1 heterocycles. The molecule has 1 aromatic heterocycles. The van der Waals surface area contributed by atoms with Crippen molar-refractivity contribution in [1.82, 2.24) is 26.1 Å². The van der Waals surface area contributed by atoms with Gasteiger partial charge in [-0.25, -0.2) is 20.4 Å². The number of amides is 2. The number of hydrazine groups is 1. The molecule has 10 nitrogen and oxygen atoms in total. The molecule has 2 fully saturated rings. The van der Waals surface area contributed by atoms with Gasteiger partial charge in [-0.15, -0.1) is 0 Å². The van der Waals surface area contributed by atoms with E-state index in [1.807, 2.05) is 31.2 Å². The van der Waals surface area contributed by atoms with Gasteiger partial charge in [0.05, 0.1) is 0 Å². The highest BCUT2D eigenvalue weighted by molar-refractivity contribution is 7.99. The van der Waals surface area contributed by atoms with Crippen LogP contribution in [0.2, 0.25) is 0 Å². The monoisotopic (exact) mass is 510 g/mol. The SMILES string of the molecule is CCNNC(C)=Nc1nc(Sc2ccc(NC(=O)C3CC3)cc2)nc(C(=O)NC2CCCCC2)c1N. The van der Waals surface area contributed by atoms with E-state index < -0.39 is 0 Å². The predicted molar refractivity (Wildman–Crippen MR) is 142 cm³/mol. The third-order valence-electron chi connectivity index (χ3n) is 6.06. The highest BCUT2D eigenvalue weighted by atomic mass is 32.2. The predicted octanol–water partition coefficient (Wildman–Crippen LogP) is 3.79. The molecule has 2 saturated carbocycles. The lowest BCUT2D eigenvalue weighted by atomic mass is 9.95. The Morgan fingerprint density at radius 3 is 2.47 bits per heavy atom. The molecule has 0 bridgehead atoms. The van der Waals surface area contributed by atoms with Crippen molar-refractivity contribution in [3.63, 3.8) is 0 Å². The molecule has 0 unspecified atom stereocenters. The molecule has 0 radical (unpaired) electrons. The summed E-state index contributed by atoms with van der Waals surface area (Å²) in [5.74, 6) is 0.695. The van der Waals surface area contributed by atoms with Crippen LogP contribution in [0.3, 0.4) is 0 Å². The number of hydrogen-bond donors (Lipinski definition) is 5. The zero-order valence-corrected chi connectivity index (χ0v) is 21.6. The Labute approximate surface area is 215 Å². The molecule has 6 N–H and O–H groups in total. The van der Waals surface area contributed by atoms with E-state index in [2.05, 4.69) is 36.4 Å². The fraction of sp³-hybridized carbons (Fsp3) is 0.480. The van der Waals surface area contributed by atoms with Gasteiger partial charge in [-0.05, 0) is 68.6 Å². The highest BCUT2D eigenvalue weighted by Crippen LogP contribution is 2.33. The molecule has 4 rings (SSSR count). The number of aliphatic imine (C=N–C) groups is 1. The van der Waals surface area contributed by atoms with Gasteiger partial charge in [0, 0.05) is 29.1 Å². The van der Waals surface area contributed by atoms with E-state index in [0.717, 1.165) is 49.1 Å². The first-order valence-corrected chi connectivity index (χ1v) is 13.4. The second-order valence-electron chi connectivity index (χ2n) is 9.14. The number of anilines is 2. The Bertz CT molecular complexity index is 1110. The van der Waals surface area contributed by atoms with Gasteiger partial charge in [-0.2, -0.15) is 0 Å². The molecule has 0 atom stereocenters. The van der Waals surface area contributed by atoms with Crippen LogP contribution in [0.25, 0.3) is 0 Å². The number of hydrogen-bond acceptors (Lipinski definition) is 8. The Kier molecular flexibility index (Phi) is 8.76.